The first-order valence-corrected chi connectivity index (χ1v) is 13.8. The van der Waals surface area contributed by atoms with Crippen molar-refractivity contribution in [1.29, 1.82) is 0 Å². The number of amides is 1. The Morgan fingerprint density at radius 3 is 2.46 bits per heavy atom. The third kappa shape index (κ3) is 5.22. The van der Waals surface area contributed by atoms with Gasteiger partial charge in [-0.1, -0.05) is 35.9 Å². The Morgan fingerprint density at radius 2 is 1.69 bits per heavy atom. The Labute approximate surface area is 211 Å². The molecule has 3 aromatic carbocycles. The average Bonchev–Trinajstić information content (AvgIpc) is 3.39. The molecule has 1 heterocycles. The average molecular weight is 510 g/mol. The predicted octanol–water partition coefficient (Wildman–Crippen LogP) is 5.55. The zero-order valence-electron chi connectivity index (χ0n) is 19.3. The number of nitrogens with one attached hydrogen (secondary N) is 2. The topological polar surface area (TPSA) is 78.5 Å². The van der Waals surface area contributed by atoms with Crippen LogP contribution >= 0.6 is 11.6 Å². The molecular weight excluding hydrogens is 482 g/mol. The molecule has 5 rings (SSSR count). The van der Waals surface area contributed by atoms with Crippen molar-refractivity contribution in [2.75, 3.05) is 23.3 Å². The smallest absolute Gasteiger partial charge is 0.255 e. The van der Waals surface area contributed by atoms with Crippen molar-refractivity contribution in [3.8, 4) is 0 Å². The zero-order chi connectivity index (χ0) is 24.4. The minimum absolute atomic E-state index is 0.191. The second-order valence-electron chi connectivity index (χ2n) is 9.10. The van der Waals surface area contributed by atoms with E-state index in [0.717, 1.165) is 50.8 Å². The number of hydrogen-bond acceptors (Lipinski definition) is 4. The normalized spacial score (nSPS) is 17.7. The number of hydrogen-bond donors (Lipinski definition) is 2. The second kappa shape index (κ2) is 10.0. The zero-order valence-corrected chi connectivity index (χ0v) is 20.9. The van der Waals surface area contributed by atoms with Crippen molar-refractivity contribution in [2.45, 2.75) is 43.0 Å². The maximum Gasteiger partial charge on any atom is 0.255 e. The molecule has 0 spiro atoms. The van der Waals surface area contributed by atoms with Crippen molar-refractivity contribution in [1.82, 2.24) is 4.72 Å². The van der Waals surface area contributed by atoms with Gasteiger partial charge in [0.2, 0.25) is 10.0 Å². The molecule has 1 atom stereocenters. The first kappa shape index (κ1) is 23.9. The van der Waals surface area contributed by atoms with E-state index in [1.165, 1.54) is 5.56 Å². The van der Waals surface area contributed by atoms with Crippen molar-refractivity contribution >= 4 is 38.9 Å². The molecule has 182 valence electrons. The third-order valence-electron chi connectivity index (χ3n) is 6.73. The highest BCUT2D eigenvalue weighted by Gasteiger charge is 2.29. The molecule has 0 bridgehead atoms. The molecule has 1 aliphatic carbocycles. The Hall–Kier alpha value is -2.87. The summed E-state index contributed by atoms with van der Waals surface area (Å²) < 4.78 is 30.5. The van der Waals surface area contributed by atoms with Gasteiger partial charge >= 0.3 is 0 Å². The molecule has 1 fully saturated rings. The first-order chi connectivity index (χ1) is 16.9. The minimum Gasteiger partial charge on any atom is -0.370 e. The quantitative estimate of drug-likeness (QED) is 0.456. The summed E-state index contributed by atoms with van der Waals surface area (Å²) in [6, 6.07) is 19.4. The Kier molecular flexibility index (Phi) is 6.82. The van der Waals surface area contributed by atoms with Crippen LogP contribution in [0, 0.1) is 0 Å². The van der Waals surface area contributed by atoms with E-state index in [-0.39, 0.29) is 16.8 Å². The van der Waals surface area contributed by atoms with Crippen LogP contribution in [0.5, 0.6) is 0 Å². The Morgan fingerprint density at radius 1 is 0.943 bits per heavy atom. The first-order valence-electron chi connectivity index (χ1n) is 12.0. The number of halogens is 1. The number of rotatable bonds is 6. The van der Waals surface area contributed by atoms with Gasteiger partial charge in [0.05, 0.1) is 5.69 Å². The van der Waals surface area contributed by atoms with E-state index in [0.29, 0.717) is 22.0 Å². The highest BCUT2D eigenvalue weighted by Crippen LogP contribution is 2.35. The summed E-state index contributed by atoms with van der Waals surface area (Å²) in [5.41, 5.74) is 3.77. The summed E-state index contributed by atoms with van der Waals surface area (Å²) in [6.45, 7) is 1.62. The van der Waals surface area contributed by atoms with Gasteiger partial charge in [0.15, 0.2) is 0 Å². The van der Waals surface area contributed by atoms with E-state index in [4.69, 9.17) is 11.6 Å². The molecule has 1 amide bonds. The van der Waals surface area contributed by atoms with E-state index in [9.17, 15) is 13.2 Å². The lowest BCUT2D eigenvalue weighted by atomic mass is 9.88. The fraction of sp³-hybridized carbons (Fsp3) is 0.296. The lowest BCUT2D eigenvalue weighted by Gasteiger charge is -2.28. The fourth-order valence-electron chi connectivity index (χ4n) is 4.96. The van der Waals surface area contributed by atoms with Crippen molar-refractivity contribution in [3.05, 3.63) is 88.4 Å². The van der Waals surface area contributed by atoms with Crippen molar-refractivity contribution < 1.29 is 13.2 Å². The van der Waals surface area contributed by atoms with E-state index < -0.39 is 10.0 Å². The van der Waals surface area contributed by atoms with Crippen LogP contribution in [0.4, 0.5) is 11.4 Å². The van der Waals surface area contributed by atoms with Gasteiger partial charge in [0.1, 0.15) is 4.90 Å². The molecule has 0 unspecified atom stereocenters. The van der Waals surface area contributed by atoms with Crippen LogP contribution < -0.4 is 14.9 Å². The maximum absolute atomic E-state index is 13.8. The van der Waals surface area contributed by atoms with Crippen LogP contribution in [0.15, 0.2) is 71.6 Å². The molecule has 0 saturated carbocycles. The molecule has 2 N–H and O–H groups in total. The molecule has 35 heavy (non-hydrogen) atoms. The largest absolute Gasteiger partial charge is 0.370 e. The number of benzene rings is 3. The van der Waals surface area contributed by atoms with Crippen LogP contribution in [-0.2, 0) is 16.4 Å². The van der Waals surface area contributed by atoms with Crippen LogP contribution in [0.3, 0.4) is 0 Å². The van der Waals surface area contributed by atoms with Gasteiger partial charge < -0.3 is 10.2 Å². The molecule has 0 aromatic heterocycles. The van der Waals surface area contributed by atoms with E-state index in [1.54, 1.807) is 42.5 Å². The summed E-state index contributed by atoms with van der Waals surface area (Å²) >= 11 is 5.93. The predicted molar refractivity (Wildman–Crippen MR) is 140 cm³/mol. The highest BCUT2D eigenvalue weighted by atomic mass is 35.5. The van der Waals surface area contributed by atoms with Gasteiger partial charge in [-0.25, -0.2) is 13.1 Å². The van der Waals surface area contributed by atoms with Gasteiger partial charge in [-0.3, -0.25) is 4.79 Å². The van der Waals surface area contributed by atoms with E-state index >= 15 is 0 Å². The van der Waals surface area contributed by atoms with Crippen LogP contribution in [0.25, 0.3) is 0 Å². The summed E-state index contributed by atoms with van der Waals surface area (Å²) in [4.78, 5) is 15.0. The lowest BCUT2D eigenvalue weighted by molar-refractivity contribution is 0.102. The third-order valence-corrected chi connectivity index (χ3v) is 8.48. The van der Waals surface area contributed by atoms with Crippen molar-refractivity contribution in [2.24, 2.45) is 0 Å². The minimum atomic E-state index is -3.86. The summed E-state index contributed by atoms with van der Waals surface area (Å²) in [6.07, 6.45) is 4.69. The van der Waals surface area contributed by atoms with Crippen LogP contribution in [0.2, 0.25) is 5.02 Å². The SMILES string of the molecule is O=C(Nc1ccc(N2CCCC2)c(S(=O)(=O)N[C@@H]2CCCc3ccccc32)c1)c1ccc(Cl)cc1. The van der Waals surface area contributed by atoms with Gasteiger partial charge in [-0.2, -0.15) is 0 Å². The standard InChI is InChI=1S/C27H28ClN3O3S/c28-21-12-10-20(11-13-21)27(32)29-22-14-15-25(31-16-3-4-17-31)26(18-22)35(33,34)30-24-9-5-7-19-6-1-2-8-23(19)24/h1-2,6,8,10-15,18,24,30H,3-5,7,9,16-17H2,(H,29,32)/t24-/m1/s1. The van der Waals surface area contributed by atoms with Crippen LogP contribution in [0.1, 0.15) is 53.2 Å². The molecule has 1 saturated heterocycles. The van der Waals surface area contributed by atoms with Crippen molar-refractivity contribution in [3.63, 3.8) is 0 Å². The highest BCUT2D eigenvalue weighted by molar-refractivity contribution is 7.89. The number of nitrogens with zero attached hydrogens (tertiary/aromatic N) is 1. The number of aryl methyl sites for hydroxylation is 1. The Bertz CT molecular complexity index is 1340. The fourth-order valence-corrected chi connectivity index (χ4v) is 6.58. The number of anilines is 2. The number of carbonyl (C=O) groups excluding carboxylic acids is 1. The summed E-state index contributed by atoms with van der Waals surface area (Å²) in [5.74, 6) is -0.326. The van der Waals surface area contributed by atoms with Gasteiger partial charge in [-0.05, 0) is 85.7 Å². The number of carbonyl (C=O) groups is 1. The summed E-state index contributed by atoms with van der Waals surface area (Å²) in [7, 11) is -3.86. The van der Waals surface area contributed by atoms with E-state index in [1.807, 2.05) is 18.2 Å². The van der Waals surface area contributed by atoms with Gasteiger partial charge in [0.25, 0.3) is 5.91 Å². The molecule has 6 nitrogen and oxygen atoms in total. The van der Waals surface area contributed by atoms with Gasteiger partial charge in [-0.15, -0.1) is 0 Å². The lowest BCUT2D eigenvalue weighted by Crippen LogP contribution is -2.32. The van der Waals surface area contributed by atoms with Crippen LogP contribution in [-0.4, -0.2) is 27.4 Å². The van der Waals surface area contributed by atoms with Gasteiger partial charge in [0, 0.05) is 35.4 Å². The molecule has 1 aliphatic heterocycles. The Balaban J connectivity index is 1.47. The molecule has 8 heteroatoms. The molecule has 0 radical (unpaired) electrons. The number of fused-ring (bicyclic) bond motifs is 1. The second-order valence-corrected chi connectivity index (χ2v) is 11.2. The molecular formula is C27H28ClN3O3S. The maximum atomic E-state index is 13.8. The monoisotopic (exact) mass is 509 g/mol. The van der Waals surface area contributed by atoms with E-state index in [2.05, 4.69) is 21.0 Å². The number of sulfonamides is 1. The summed E-state index contributed by atoms with van der Waals surface area (Å²) in [5, 5.41) is 3.38. The molecule has 3 aromatic rings. The molecule has 2 aliphatic rings.